The Morgan fingerprint density at radius 2 is 1.94 bits per heavy atom. The molecule has 31 heavy (non-hydrogen) atoms. The Hall–Kier alpha value is -2.18. The molecule has 2 aliphatic rings. The normalized spacial score (nSPS) is 20.9. The van der Waals surface area contributed by atoms with Crippen LogP contribution in [0.5, 0.6) is 0 Å². The summed E-state index contributed by atoms with van der Waals surface area (Å²) in [5, 5.41) is 3.52. The number of allylic oxidation sites excluding steroid dienone is 2. The van der Waals surface area contributed by atoms with Crippen molar-refractivity contribution in [1.29, 1.82) is 0 Å². The lowest BCUT2D eigenvalue weighted by molar-refractivity contribution is -0.115. The van der Waals surface area contributed by atoms with Crippen molar-refractivity contribution < 1.29 is 13.6 Å². The molecule has 2 aromatic carbocycles. The van der Waals surface area contributed by atoms with Crippen LogP contribution >= 0.6 is 11.9 Å². The summed E-state index contributed by atoms with van der Waals surface area (Å²) in [6.45, 7) is 3.03. The molecule has 1 heterocycles. The molecule has 164 valence electrons. The molecule has 0 aromatic heterocycles. The third-order valence-corrected chi connectivity index (χ3v) is 7.28. The van der Waals surface area contributed by atoms with Crippen molar-refractivity contribution in [3.05, 3.63) is 82.6 Å². The van der Waals surface area contributed by atoms with Crippen molar-refractivity contribution in [2.24, 2.45) is 0 Å². The number of benzene rings is 2. The predicted molar refractivity (Wildman–Crippen MR) is 121 cm³/mol. The van der Waals surface area contributed by atoms with Gasteiger partial charge in [0, 0.05) is 47.7 Å². The van der Waals surface area contributed by atoms with Gasteiger partial charge in [-0.15, -0.1) is 0 Å². The van der Waals surface area contributed by atoms with Crippen molar-refractivity contribution in [2.75, 3.05) is 6.54 Å². The molecule has 1 saturated heterocycles. The van der Waals surface area contributed by atoms with Gasteiger partial charge in [0.25, 0.3) is 0 Å². The molecule has 0 amide bonds. The highest BCUT2D eigenvalue weighted by Crippen LogP contribution is 2.40. The quantitative estimate of drug-likeness (QED) is 0.537. The lowest BCUT2D eigenvalue weighted by Crippen LogP contribution is -2.25. The van der Waals surface area contributed by atoms with Gasteiger partial charge in [0.05, 0.1) is 6.04 Å². The molecule has 1 fully saturated rings. The smallest absolute Gasteiger partial charge is 0.157 e. The largest absolute Gasteiger partial charge is 0.382 e. The van der Waals surface area contributed by atoms with E-state index in [1.54, 1.807) is 24.9 Å². The third-order valence-electron chi connectivity index (χ3n) is 5.91. The van der Waals surface area contributed by atoms with Gasteiger partial charge in [0.1, 0.15) is 11.6 Å². The molecule has 2 atom stereocenters. The molecule has 3 nitrogen and oxygen atoms in total. The van der Waals surface area contributed by atoms with Gasteiger partial charge in [-0.3, -0.25) is 4.79 Å². The summed E-state index contributed by atoms with van der Waals surface area (Å²) in [6, 6.07) is 12.6. The zero-order valence-corrected chi connectivity index (χ0v) is 18.6. The fourth-order valence-corrected chi connectivity index (χ4v) is 5.62. The van der Waals surface area contributed by atoms with Crippen LogP contribution in [0, 0.1) is 11.6 Å². The van der Waals surface area contributed by atoms with E-state index in [1.165, 1.54) is 17.7 Å². The second kappa shape index (κ2) is 9.96. The average molecular weight is 443 g/mol. The maximum absolute atomic E-state index is 14.9. The van der Waals surface area contributed by atoms with Gasteiger partial charge in [-0.05, 0) is 50.3 Å². The number of ketones is 1. The predicted octanol–water partition coefficient (Wildman–Crippen LogP) is 6.24. The molecule has 4 rings (SSSR count). The van der Waals surface area contributed by atoms with E-state index in [2.05, 4.69) is 21.8 Å². The Morgan fingerprint density at radius 3 is 2.71 bits per heavy atom. The first-order valence-corrected chi connectivity index (χ1v) is 11.8. The van der Waals surface area contributed by atoms with E-state index in [9.17, 15) is 13.6 Å². The Kier molecular flexibility index (Phi) is 7.08. The summed E-state index contributed by atoms with van der Waals surface area (Å²) in [4.78, 5) is 11.6. The number of nitrogens with one attached hydrogen (secondary N) is 1. The summed E-state index contributed by atoms with van der Waals surface area (Å²) in [7, 11) is 0. The number of carbonyl (C=O) groups excluding carboxylic acids is 1. The van der Waals surface area contributed by atoms with E-state index < -0.39 is 11.9 Å². The second-order valence-corrected chi connectivity index (χ2v) is 9.63. The number of hydrogen-bond acceptors (Lipinski definition) is 4. The van der Waals surface area contributed by atoms with Crippen LogP contribution < -0.4 is 5.32 Å². The van der Waals surface area contributed by atoms with Gasteiger partial charge < -0.3 is 5.32 Å². The minimum atomic E-state index is -0.416. The maximum atomic E-state index is 14.9. The maximum Gasteiger partial charge on any atom is 0.157 e. The van der Waals surface area contributed by atoms with E-state index in [1.807, 2.05) is 18.2 Å². The summed E-state index contributed by atoms with van der Waals surface area (Å²) < 4.78 is 31.9. The van der Waals surface area contributed by atoms with Crippen molar-refractivity contribution in [2.45, 2.75) is 56.9 Å². The number of halogens is 2. The monoisotopic (exact) mass is 442 g/mol. The SMILES string of the molecule is C[C@@H](NC1=CC(=O)CCC1)c1cc(F)c(CN2CCC[C@H](c3ccccc3)S2)cc1F. The Labute approximate surface area is 187 Å². The molecule has 6 heteroatoms. The van der Waals surface area contributed by atoms with Gasteiger partial charge in [-0.2, -0.15) is 0 Å². The molecule has 0 saturated carbocycles. The first-order valence-electron chi connectivity index (χ1n) is 10.9. The second-order valence-electron chi connectivity index (χ2n) is 8.33. The lowest BCUT2D eigenvalue weighted by atomic mass is 10.0. The van der Waals surface area contributed by atoms with E-state index in [0.717, 1.165) is 37.9 Å². The van der Waals surface area contributed by atoms with E-state index in [-0.39, 0.29) is 17.2 Å². The Balaban J connectivity index is 1.44. The summed E-state index contributed by atoms with van der Waals surface area (Å²) in [6.07, 6.45) is 5.80. The molecule has 0 unspecified atom stereocenters. The molecule has 1 aliphatic carbocycles. The lowest BCUT2D eigenvalue weighted by Gasteiger charge is -2.32. The molecule has 0 spiro atoms. The van der Waals surface area contributed by atoms with Gasteiger partial charge in [-0.1, -0.05) is 42.3 Å². The summed E-state index contributed by atoms with van der Waals surface area (Å²) in [5.74, 6) is -0.724. The topological polar surface area (TPSA) is 32.3 Å². The van der Waals surface area contributed by atoms with Crippen molar-refractivity contribution >= 4 is 17.7 Å². The molecule has 1 N–H and O–H groups in total. The first kappa shape index (κ1) is 22.0. The van der Waals surface area contributed by atoms with Gasteiger partial charge in [0.15, 0.2) is 5.78 Å². The first-order chi connectivity index (χ1) is 15.0. The van der Waals surface area contributed by atoms with Crippen molar-refractivity contribution in [3.8, 4) is 0 Å². The fraction of sp³-hybridized carbons (Fsp3) is 0.400. The fourth-order valence-electron chi connectivity index (χ4n) is 4.26. The number of hydrogen-bond donors (Lipinski definition) is 1. The molecule has 0 radical (unpaired) electrons. The Bertz CT molecular complexity index is 963. The number of rotatable bonds is 6. The zero-order chi connectivity index (χ0) is 21.8. The van der Waals surface area contributed by atoms with Crippen LogP contribution in [-0.2, 0) is 11.3 Å². The summed E-state index contributed by atoms with van der Waals surface area (Å²) in [5.41, 5.74) is 2.73. The van der Waals surface area contributed by atoms with Crippen LogP contribution in [0.3, 0.4) is 0 Å². The van der Waals surface area contributed by atoms with Crippen LogP contribution in [0.2, 0.25) is 0 Å². The van der Waals surface area contributed by atoms with Crippen LogP contribution in [0.4, 0.5) is 8.78 Å². The van der Waals surface area contributed by atoms with E-state index >= 15 is 0 Å². The molecule has 2 aromatic rings. The zero-order valence-electron chi connectivity index (χ0n) is 17.7. The van der Waals surface area contributed by atoms with Crippen LogP contribution in [0.1, 0.15) is 67.0 Å². The van der Waals surface area contributed by atoms with E-state index in [4.69, 9.17) is 0 Å². The molecule has 1 aliphatic heterocycles. The molecular formula is C25H28F2N2OS. The van der Waals surface area contributed by atoms with Gasteiger partial charge >= 0.3 is 0 Å². The molecule has 0 bridgehead atoms. The van der Waals surface area contributed by atoms with Gasteiger partial charge in [-0.25, -0.2) is 13.1 Å². The minimum Gasteiger partial charge on any atom is -0.382 e. The van der Waals surface area contributed by atoms with Crippen molar-refractivity contribution in [3.63, 3.8) is 0 Å². The standard InChI is InChI=1S/C25H28F2N2OS/c1-17(28-20-9-5-10-21(30)14-20)22-15-23(26)19(13-24(22)27)16-29-12-6-11-25(31-29)18-7-3-2-4-8-18/h2-4,7-8,13-15,17,25,28H,5-6,9-12,16H2,1H3/t17-,25-/m1/s1. The summed E-state index contributed by atoms with van der Waals surface area (Å²) >= 11 is 1.72. The van der Waals surface area contributed by atoms with Crippen LogP contribution in [0.25, 0.3) is 0 Å². The van der Waals surface area contributed by atoms with Gasteiger partial charge in [0.2, 0.25) is 0 Å². The third kappa shape index (κ3) is 5.55. The number of carbonyl (C=O) groups is 1. The number of nitrogens with zero attached hydrogens (tertiary/aromatic N) is 1. The highest BCUT2D eigenvalue weighted by Gasteiger charge is 2.24. The minimum absolute atomic E-state index is 0.0794. The van der Waals surface area contributed by atoms with Crippen molar-refractivity contribution in [1.82, 2.24) is 9.62 Å². The van der Waals surface area contributed by atoms with Crippen LogP contribution in [0.15, 0.2) is 54.2 Å². The van der Waals surface area contributed by atoms with Crippen LogP contribution in [-0.4, -0.2) is 16.6 Å². The average Bonchev–Trinajstić information content (AvgIpc) is 2.77. The Morgan fingerprint density at radius 1 is 1.13 bits per heavy atom. The highest BCUT2D eigenvalue weighted by molar-refractivity contribution is 7.97. The highest BCUT2D eigenvalue weighted by atomic mass is 32.2. The van der Waals surface area contributed by atoms with E-state index in [0.29, 0.717) is 23.8 Å². The molecular weight excluding hydrogens is 414 g/mol.